The molecule has 0 saturated carbocycles. The first-order valence-electron chi connectivity index (χ1n) is 10.8. The molecule has 2 N–H and O–H groups in total. The molecular formula is C26H26ClN3O2. The topological polar surface area (TPSA) is 63.2 Å². The lowest BCUT2D eigenvalue weighted by molar-refractivity contribution is -0.114. The van der Waals surface area contributed by atoms with Crippen molar-refractivity contribution >= 4 is 56.4 Å². The quantitative estimate of drug-likeness (QED) is 0.171. The Balaban J connectivity index is 1.78. The first-order chi connectivity index (χ1) is 15.5. The van der Waals surface area contributed by atoms with E-state index in [4.69, 9.17) is 21.3 Å². The van der Waals surface area contributed by atoms with Crippen molar-refractivity contribution in [1.29, 1.82) is 0 Å². The maximum Gasteiger partial charge on any atom is 0.221 e. The molecule has 5 nitrogen and oxygen atoms in total. The maximum absolute atomic E-state index is 11.7. The van der Waals surface area contributed by atoms with E-state index in [0.29, 0.717) is 12.3 Å². The summed E-state index contributed by atoms with van der Waals surface area (Å²) in [6.07, 6.45) is 1.97. The summed E-state index contributed by atoms with van der Waals surface area (Å²) >= 11 is 6.54. The molecule has 32 heavy (non-hydrogen) atoms. The van der Waals surface area contributed by atoms with Crippen molar-refractivity contribution in [3.63, 3.8) is 0 Å². The summed E-state index contributed by atoms with van der Waals surface area (Å²) in [5.41, 5.74) is 4.40. The molecule has 0 spiro atoms. The number of unbranched alkanes of at least 4 members (excludes halogenated alkanes) is 1. The number of carbonyl (C=O) groups is 1. The number of fused-ring (bicyclic) bond motifs is 2. The highest BCUT2D eigenvalue weighted by atomic mass is 35.5. The minimum atomic E-state index is -0.610. The molecule has 164 valence electrons. The molecule has 4 aromatic rings. The second-order valence-electron chi connectivity index (χ2n) is 7.71. The van der Waals surface area contributed by atoms with Crippen LogP contribution in [0.1, 0.15) is 37.8 Å². The van der Waals surface area contributed by atoms with Gasteiger partial charge in [-0.25, -0.2) is 4.98 Å². The summed E-state index contributed by atoms with van der Waals surface area (Å²) < 4.78 is 5.79. The predicted molar refractivity (Wildman–Crippen MR) is 133 cm³/mol. The van der Waals surface area contributed by atoms with E-state index >= 15 is 0 Å². The van der Waals surface area contributed by atoms with Crippen LogP contribution < -0.4 is 10.6 Å². The SMILES string of the molecule is CCCCOC(Cl)c1cc(NC(C)=O)cc(Nc2c3ccccc3nc3ccccc23)c1. The monoisotopic (exact) mass is 447 g/mol. The highest BCUT2D eigenvalue weighted by Crippen LogP contribution is 2.35. The molecule has 1 amide bonds. The van der Waals surface area contributed by atoms with Crippen molar-refractivity contribution in [2.45, 2.75) is 32.3 Å². The maximum atomic E-state index is 11.7. The number of nitrogens with one attached hydrogen (secondary N) is 2. The molecule has 0 bridgehead atoms. The Morgan fingerprint density at radius 1 is 1.00 bits per heavy atom. The van der Waals surface area contributed by atoms with Crippen LogP contribution in [0, 0.1) is 0 Å². The first kappa shape index (κ1) is 22.1. The highest BCUT2D eigenvalue weighted by Gasteiger charge is 2.14. The van der Waals surface area contributed by atoms with Gasteiger partial charge in [-0.15, -0.1) is 0 Å². The summed E-state index contributed by atoms with van der Waals surface area (Å²) in [5, 5.41) is 8.45. The van der Waals surface area contributed by atoms with Crippen LogP contribution in [0.2, 0.25) is 0 Å². The summed E-state index contributed by atoms with van der Waals surface area (Å²) in [5.74, 6) is -0.147. The summed E-state index contributed by atoms with van der Waals surface area (Å²) in [6, 6.07) is 21.8. The van der Waals surface area contributed by atoms with Crippen LogP contribution in [-0.2, 0) is 9.53 Å². The zero-order chi connectivity index (χ0) is 22.5. The Labute approximate surface area is 192 Å². The number of pyridine rings is 1. The molecule has 3 aromatic carbocycles. The number of ether oxygens (including phenoxy) is 1. The number of benzene rings is 3. The molecule has 1 aromatic heterocycles. The van der Waals surface area contributed by atoms with E-state index in [2.05, 4.69) is 17.6 Å². The average Bonchev–Trinajstić information content (AvgIpc) is 2.78. The van der Waals surface area contributed by atoms with E-state index in [9.17, 15) is 4.79 Å². The van der Waals surface area contributed by atoms with Crippen molar-refractivity contribution in [3.8, 4) is 0 Å². The lowest BCUT2D eigenvalue weighted by atomic mass is 10.1. The lowest BCUT2D eigenvalue weighted by Gasteiger charge is -2.18. The molecule has 0 saturated heterocycles. The molecule has 0 aliphatic heterocycles. The van der Waals surface area contributed by atoms with E-state index in [1.165, 1.54) is 6.92 Å². The number of carbonyl (C=O) groups excluding carboxylic acids is 1. The molecular weight excluding hydrogens is 422 g/mol. The third kappa shape index (κ3) is 5.01. The molecule has 6 heteroatoms. The van der Waals surface area contributed by atoms with Gasteiger partial charge in [-0.2, -0.15) is 0 Å². The number of aromatic nitrogens is 1. The Kier molecular flexibility index (Phi) is 6.88. The third-order valence-corrected chi connectivity index (χ3v) is 5.53. The Morgan fingerprint density at radius 3 is 2.25 bits per heavy atom. The predicted octanol–water partition coefficient (Wildman–Crippen LogP) is 7.14. The molecule has 0 aliphatic carbocycles. The zero-order valence-corrected chi connectivity index (χ0v) is 18.9. The summed E-state index contributed by atoms with van der Waals surface area (Å²) in [6.45, 7) is 4.17. The fourth-order valence-corrected chi connectivity index (χ4v) is 3.89. The fourth-order valence-electron chi connectivity index (χ4n) is 3.68. The number of anilines is 3. The van der Waals surface area contributed by atoms with Gasteiger partial charge >= 0.3 is 0 Å². The third-order valence-electron chi connectivity index (χ3n) is 5.16. The smallest absolute Gasteiger partial charge is 0.221 e. The number of amides is 1. The highest BCUT2D eigenvalue weighted by molar-refractivity contribution is 6.20. The molecule has 1 unspecified atom stereocenters. The van der Waals surface area contributed by atoms with Crippen molar-refractivity contribution in [2.75, 3.05) is 17.2 Å². The van der Waals surface area contributed by atoms with Gasteiger partial charge in [0.05, 0.1) is 16.7 Å². The second kappa shape index (κ2) is 9.98. The van der Waals surface area contributed by atoms with Gasteiger partial charge in [-0.1, -0.05) is 61.3 Å². The van der Waals surface area contributed by atoms with Crippen molar-refractivity contribution in [3.05, 3.63) is 72.3 Å². The van der Waals surface area contributed by atoms with E-state index in [1.54, 1.807) is 0 Å². The van der Waals surface area contributed by atoms with Gasteiger partial charge in [0.15, 0.2) is 5.56 Å². The number of hydrogen-bond donors (Lipinski definition) is 2. The van der Waals surface area contributed by atoms with Gasteiger partial charge < -0.3 is 15.4 Å². The van der Waals surface area contributed by atoms with Crippen LogP contribution in [-0.4, -0.2) is 17.5 Å². The van der Waals surface area contributed by atoms with Gasteiger partial charge in [0.2, 0.25) is 5.91 Å². The van der Waals surface area contributed by atoms with Crippen molar-refractivity contribution < 1.29 is 9.53 Å². The molecule has 0 aliphatic rings. The first-order valence-corrected chi connectivity index (χ1v) is 11.2. The molecule has 1 atom stereocenters. The van der Waals surface area contributed by atoms with E-state index in [1.807, 2.05) is 66.7 Å². The van der Waals surface area contributed by atoms with Crippen molar-refractivity contribution in [2.24, 2.45) is 0 Å². The van der Waals surface area contributed by atoms with Crippen LogP contribution in [0.4, 0.5) is 17.1 Å². The molecule has 1 heterocycles. The number of alkyl halides is 1. The van der Waals surface area contributed by atoms with Crippen LogP contribution in [0.5, 0.6) is 0 Å². The molecule has 4 rings (SSSR count). The minimum Gasteiger partial charge on any atom is -0.358 e. The van der Waals surface area contributed by atoms with Crippen LogP contribution in [0.15, 0.2) is 66.7 Å². The number of para-hydroxylation sites is 2. The van der Waals surface area contributed by atoms with E-state index < -0.39 is 5.56 Å². The fraction of sp³-hybridized carbons (Fsp3) is 0.231. The lowest BCUT2D eigenvalue weighted by Crippen LogP contribution is -2.08. The zero-order valence-electron chi connectivity index (χ0n) is 18.2. The molecule has 0 fully saturated rings. The van der Waals surface area contributed by atoms with Crippen LogP contribution in [0.3, 0.4) is 0 Å². The Bertz CT molecular complexity index is 1200. The number of rotatable bonds is 8. The van der Waals surface area contributed by atoms with Gasteiger partial charge in [-0.3, -0.25) is 4.79 Å². The molecule has 0 radical (unpaired) electrons. The number of nitrogens with zero attached hydrogens (tertiary/aromatic N) is 1. The Morgan fingerprint density at radius 2 is 1.62 bits per heavy atom. The largest absolute Gasteiger partial charge is 0.358 e. The number of halogens is 1. The standard InChI is InChI=1S/C26H26ClN3O2/c1-3-4-13-32-26(27)18-14-19(28-17(2)31)16-20(15-18)29-25-21-9-5-7-11-23(21)30-24-12-8-6-10-22(24)25/h5-12,14-16,26H,3-4,13H2,1-2H3,(H,28,31)(H,29,30). The minimum absolute atomic E-state index is 0.147. The van der Waals surface area contributed by atoms with E-state index in [0.717, 1.165) is 51.6 Å². The van der Waals surface area contributed by atoms with E-state index in [-0.39, 0.29) is 5.91 Å². The number of hydrogen-bond acceptors (Lipinski definition) is 4. The van der Waals surface area contributed by atoms with Crippen LogP contribution >= 0.6 is 11.6 Å². The summed E-state index contributed by atoms with van der Waals surface area (Å²) in [7, 11) is 0. The van der Waals surface area contributed by atoms with Gasteiger partial charge in [0, 0.05) is 35.7 Å². The Hall–Kier alpha value is -3.15. The van der Waals surface area contributed by atoms with Crippen molar-refractivity contribution in [1.82, 2.24) is 4.98 Å². The second-order valence-corrected chi connectivity index (χ2v) is 8.11. The average molecular weight is 448 g/mol. The van der Waals surface area contributed by atoms with Gasteiger partial charge in [-0.05, 0) is 42.3 Å². The van der Waals surface area contributed by atoms with Gasteiger partial charge in [0.25, 0.3) is 0 Å². The normalized spacial score (nSPS) is 12.1. The summed E-state index contributed by atoms with van der Waals surface area (Å²) in [4.78, 5) is 16.5. The van der Waals surface area contributed by atoms with Crippen LogP contribution in [0.25, 0.3) is 21.8 Å². The van der Waals surface area contributed by atoms with Gasteiger partial charge in [0.1, 0.15) is 0 Å².